The van der Waals surface area contributed by atoms with Gasteiger partial charge < -0.3 is 9.47 Å². The number of fused-ring (bicyclic) bond motifs is 1. The number of amides is 1. The second-order valence-electron chi connectivity index (χ2n) is 5.01. The molecule has 1 aliphatic heterocycles. The van der Waals surface area contributed by atoms with Crippen molar-refractivity contribution in [1.29, 1.82) is 5.26 Å². The van der Waals surface area contributed by atoms with E-state index < -0.39 is 5.56 Å². The van der Waals surface area contributed by atoms with Gasteiger partial charge in [0, 0.05) is 19.5 Å². The van der Waals surface area contributed by atoms with E-state index in [0.717, 1.165) is 4.57 Å². The Morgan fingerprint density at radius 2 is 2.12 bits per heavy atom. The predicted molar refractivity (Wildman–Crippen MR) is 83.2 cm³/mol. The SMILES string of the molecule is CC(=O)NNc1nc(-c2ccc3c(c2)OCO3)c(C#N)c(=O)n1C. The molecule has 3 rings (SSSR count). The molecule has 1 aromatic heterocycles. The Bertz CT molecular complexity index is 929. The molecule has 0 spiro atoms. The van der Waals surface area contributed by atoms with Crippen LogP contribution in [0.2, 0.25) is 0 Å². The highest BCUT2D eigenvalue weighted by molar-refractivity contribution is 5.74. The van der Waals surface area contributed by atoms with E-state index in [1.807, 2.05) is 6.07 Å². The van der Waals surface area contributed by atoms with Gasteiger partial charge in [-0.15, -0.1) is 0 Å². The molecule has 2 N–H and O–H groups in total. The maximum absolute atomic E-state index is 12.4. The number of nitriles is 1. The maximum atomic E-state index is 12.4. The van der Waals surface area contributed by atoms with E-state index in [1.54, 1.807) is 18.2 Å². The molecular weight excluding hydrogens is 314 g/mol. The van der Waals surface area contributed by atoms with Crippen molar-refractivity contribution in [2.24, 2.45) is 7.05 Å². The highest BCUT2D eigenvalue weighted by atomic mass is 16.7. The number of nitrogens with zero attached hydrogens (tertiary/aromatic N) is 3. The quantitative estimate of drug-likeness (QED) is 0.788. The third-order valence-corrected chi connectivity index (χ3v) is 3.40. The first-order valence-electron chi connectivity index (χ1n) is 6.95. The predicted octanol–water partition coefficient (Wildman–Crippen LogP) is 0.511. The summed E-state index contributed by atoms with van der Waals surface area (Å²) in [6.07, 6.45) is 0. The number of hydrogen-bond donors (Lipinski definition) is 2. The summed E-state index contributed by atoms with van der Waals surface area (Å²) in [7, 11) is 1.45. The lowest BCUT2D eigenvalue weighted by Gasteiger charge is -2.13. The number of anilines is 1. The molecule has 0 saturated carbocycles. The number of ether oxygens (including phenoxy) is 2. The van der Waals surface area contributed by atoms with Crippen LogP contribution in [0.15, 0.2) is 23.0 Å². The van der Waals surface area contributed by atoms with E-state index in [1.165, 1.54) is 14.0 Å². The van der Waals surface area contributed by atoms with E-state index in [4.69, 9.17) is 9.47 Å². The molecule has 0 atom stereocenters. The van der Waals surface area contributed by atoms with Crippen LogP contribution in [0.3, 0.4) is 0 Å². The number of rotatable bonds is 3. The molecule has 2 heterocycles. The van der Waals surface area contributed by atoms with Crippen LogP contribution in [0.25, 0.3) is 11.3 Å². The molecule has 2 aromatic rings. The van der Waals surface area contributed by atoms with E-state index in [-0.39, 0.29) is 29.9 Å². The normalized spacial score (nSPS) is 11.7. The molecule has 0 unspecified atom stereocenters. The van der Waals surface area contributed by atoms with Gasteiger partial charge in [-0.05, 0) is 18.2 Å². The number of carbonyl (C=O) groups is 1. The average molecular weight is 327 g/mol. The van der Waals surface area contributed by atoms with Crippen LogP contribution in [-0.2, 0) is 11.8 Å². The molecule has 0 fully saturated rings. The number of aromatic nitrogens is 2. The molecule has 9 heteroatoms. The standard InChI is InChI=1S/C15H13N5O4/c1-8(21)18-19-15-17-13(10(6-16)14(22)20(15)2)9-3-4-11-12(5-9)24-7-23-11/h3-5H,7H2,1-2H3,(H,17,19)(H,18,21). The topological polar surface area (TPSA) is 118 Å². The molecule has 1 amide bonds. The smallest absolute Gasteiger partial charge is 0.273 e. The Hall–Kier alpha value is -3.54. The molecule has 1 aliphatic rings. The van der Waals surface area contributed by atoms with Gasteiger partial charge in [0.25, 0.3) is 5.56 Å². The summed E-state index contributed by atoms with van der Waals surface area (Å²) in [5.41, 5.74) is 4.98. The van der Waals surface area contributed by atoms with Crippen molar-refractivity contribution >= 4 is 11.9 Å². The van der Waals surface area contributed by atoms with Crippen LogP contribution in [0, 0.1) is 11.3 Å². The first kappa shape index (κ1) is 15.4. The zero-order valence-corrected chi connectivity index (χ0v) is 12.9. The molecule has 0 radical (unpaired) electrons. The molecule has 24 heavy (non-hydrogen) atoms. The van der Waals surface area contributed by atoms with E-state index >= 15 is 0 Å². The van der Waals surface area contributed by atoms with Crippen molar-refractivity contribution in [3.63, 3.8) is 0 Å². The third-order valence-electron chi connectivity index (χ3n) is 3.40. The van der Waals surface area contributed by atoms with Gasteiger partial charge in [0.05, 0.1) is 5.69 Å². The molecular formula is C15H13N5O4. The number of hydrogen-bond acceptors (Lipinski definition) is 7. The summed E-state index contributed by atoms with van der Waals surface area (Å²) in [4.78, 5) is 27.7. The summed E-state index contributed by atoms with van der Waals surface area (Å²) in [6, 6.07) is 6.88. The van der Waals surface area contributed by atoms with Gasteiger partial charge in [0.1, 0.15) is 11.6 Å². The van der Waals surface area contributed by atoms with Crippen molar-refractivity contribution in [2.45, 2.75) is 6.92 Å². The molecule has 0 saturated heterocycles. The van der Waals surface area contributed by atoms with E-state index in [9.17, 15) is 14.9 Å². The van der Waals surface area contributed by atoms with Gasteiger partial charge >= 0.3 is 0 Å². The Labute approximate surface area is 136 Å². The summed E-state index contributed by atoms with van der Waals surface area (Å²) >= 11 is 0. The van der Waals surface area contributed by atoms with Crippen molar-refractivity contribution in [1.82, 2.24) is 15.0 Å². The lowest BCUT2D eigenvalue weighted by molar-refractivity contribution is -0.118. The summed E-state index contributed by atoms with van der Waals surface area (Å²) in [5.74, 6) is 0.841. The summed E-state index contributed by atoms with van der Waals surface area (Å²) in [5, 5.41) is 9.34. The second-order valence-corrected chi connectivity index (χ2v) is 5.01. The Morgan fingerprint density at radius 3 is 2.83 bits per heavy atom. The van der Waals surface area contributed by atoms with Crippen LogP contribution in [0.5, 0.6) is 11.5 Å². The van der Waals surface area contributed by atoms with Crippen molar-refractivity contribution in [3.05, 3.63) is 34.1 Å². The fraction of sp³-hybridized carbons (Fsp3) is 0.200. The van der Waals surface area contributed by atoms with Crippen molar-refractivity contribution in [2.75, 3.05) is 12.2 Å². The van der Waals surface area contributed by atoms with Gasteiger partial charge in [0.2, 0.25) is 18.6 Å². The van der Waals surface area contributed by atoms with Crippen LogP contribution in [-0.4, -0.2) is 22.3 Å². The zero-order chi connectivity index (χ0) is 17.3. The van der Waals surface area contributed by atoms with E-state index in [0.29, 0.717) is 17.1 Å². The highest BCUT2D eigenvalue weighted by Gasteiger charge is 2.20. The molecule has 0 aliphatic carbocycles. The molecule has 1 aromatic carbocycles. The van der Waals surface area contributed by atoms with Gasteiger partial charge in [-0.2, -0.15) is 5.26 Å². The minimum absolute atomic E-state index is 0.0990. The van der Waals surface area contributed by atoms with Crippen LogP contribution >= 0.6 is 0 Å². The maximum Gasteiger partial charge on any atom is 0.273 e. The average Bonchev–Trinajstić information content (AvgIpc) is 3.03. The fourth-order valence-corrected chi connectivity index (χ4v) is 2.21. The fourth-order valence-electron chi connectivity index (χ4n) is 2.21. The first-order valence-corrected chi connectivity index (χ1v) is 6.95. The van der Waals surface area contributed by atoms with Gasteiger partial charge in [-0.3, -0.25) is 25.0 Å². The van der Waals surface area contributed by atoms with Gasteiger partial charge in [0.15, 0.2) is 11.5 Å². The van der Waals surface area contributed by atoms with Crippen LogP contribution < -0.4 is 25.9 Å². The lowest BCUT2D eigenvalue weighted by Crippen LogP contribution is -2.33. The second kappa shape index (κ2) is 5.92. The minimum atomic E-state index is -0.534. The first-order chi connectivity index (χ1) is 11.5. The summed E-state index contributed by atoms with van der Waals surface area (Å²) in [6.45, 7) is 1.43. The van der Waals surface area contributed by atoms with Gasteiger partial charge in [-0.25, -0.2) is 4.98 Å². The number of carbonyl (C=O) groups excluding carboxylic acids is 1. The number of hydrazine groups is 1. The monoisotopic (exact) mass is 327 g/mol. The molecule has 0 bridgehead atoms. The lowest BCUT2D eigenvalue weighted by atomic mass is 10.1. The van der Waals surface area contributed by atoms with Crippen LogP contribution in [0.4, 0.5) is 5.95 Å². The highest BCUT2D eigenvalue weighted by Crippen LogP contribution is 2.36. The zero-order valence-electron chi connectivity index (χ0n) is 12.9. The third kappa shape index (κ3) is 2.61. The summed E-state index contributed by atoms with van der Waals surface area (Å²) < 4.78 is 11.7. The van der Waals surface area contributed by atoms with Crippen molar-refractivity contribution < 1.29 is 14.3 Å². The van der Waals surface area contributed by atoms with E-state index in [2.05, 4.69) is 15.8 Å². The largest absolute Gasteiger partial charge is 0.454 e. The van der Waals surface area contributed by atoms with Crippen LogP contribution in [0.1, 0.15) is 12.5 Å². The Kier molecular flexibility index (Phi) is 3.79. The van der Waals surface area contributed by atoms with Gasteiger partial charge in [-0.1, -0.05) is 0 Å². The minimum Gasteiger partial charge on any atom is -0.454 e. The Morgan fingerprint density at radius 1 is 1.38 bits per heavy atom. The molecule has 9 nitrogen and oxygen atoms in total. The number of benzene rings is 1. The number of nitrogens with one attached hydrogen (secondary N) is 2. The molecule has 122 valence electrons. The van der Waals surface area contributed by atoms with Crippen molar-refractivity contribution in [3.8, 4) is 28.8 Å². The Balaban J connectivity index is 2.14.